The van der Waals surface area contributed by atoms with Gasteiger partial charge in [0.2, 0.25) is 0 Å². The second-order valence-electron chi connectivity index (χ2n) is 8.57. The van der Waals surface area contributed by atoms with Gasteiger partial charge in [0.25, 0.3) is 0 Å². The third-order valence-corrected chi connectivity index (χ3v) is 6.09. The van der Waals surface area contributed by atoms with Gasteiger partial charge >= 0.3 is 0 Å². The van der Waals surface area contributed by atoms with Crippen LogP contribution in [0.4, 0.5) is 0 Å². The molecule has 1 unspecified atom stereocenters. The van der Waals surface area contributed by atoms with Crippen LogP contribution < -0.4 is 15.4 Å². The fourth-order valence-corrected chi connectivity index (χ4v) is 4.15. The lowest BCUT2D eigenvalue weighted by Crippen LogP contribution is -2.37. The summed E-state index contributed by atoms with van der Waals surface area (Å²) in [5, 5.41) is 8.15. The number of H-pyrrole nitrogens is 1. The monoisotopic (exact) mass is 562 g/mol. The van der Waals surface area contributed by atoms with Gasteiger partial charge in [-0.1, -0.05) is 30.3 Å². The maximum Gasteiger partial charge on any atom is 0.191 e. The minimum absolute atomic E-state index is 0. The van der Waals surface area contributed by atoms with E-state index in [1.54, 1.807) is 7.05 Å². The standard InChI is InChI=1S/C26H34N4O2.HI/c1-18-7-8-22(24(13-18)32-17-20-10-12-31-16-20)15-30-26(27-3)28-11-9-21-14-29-25-19(2)5-4-6-23(21)25;/h4-8,13-14,20,29H,9-12,15-17H2,1-3H3,(H2,27,28,30);1H. The summed E-state index contributed by atoms with van der Waals surface area (Å²) >= 11 is 0. The van der Waals surface area contributed by atoms with E-state index in [1.165, 1.54) is 27.6 Å². The van der Waals surface area contributed by atoms with Crippen molar-refractivity contribution in [3.05, 3.63) is 64.8 Å². The number of hydrogen-bond acceptors (Lipinski definition) is 3. The van der Waals surface area contributed by atoms with E-state index in [1.807, 2.05) is 0 Å². The van der Waals surface area contributed by atoms with Crippen LogP contribution in [-0.2, 0) is 17.7 Å². The first-order valence-corrected chi connectivity index (χ1v) is 11.4. The summed E-state index contributed by atoms with van der Waals surface area (Å²) in [4.78, 5) is 7.79. The fourth-order valence-electron chi connectivity index (χ4n) is 4.15. The van der Waals surface area contributed by atoms with Crippen LogP contribution in [0.3, 0.4) is 0 Å². The number of nitrogens with one attached hydrogen (secondary N) is 3. The van der Waals surface area contributed by atoms with Gasteiger partial charge in [-0.2, -0.15) is 0 Å². The van der Waals surface area contributed by atoms with Gasteiger partial charge in [0.1, 0.15) is 5.75 Å². The van der Waals surface area contributed by atoms with Crippen molar-refractivity contribution >= 4 is 40.8 Å². The molecule has 1 aromatic heterocycles. The summed E-state index contributed by atoms with van der Waals surface area (Å²) in [6.07, 6.45) is 4.11. The first-order chi connectivity index (χ1) is 15.6. The van der Waals surface area contributed by atoms with E-state index in [4.69, 9.17) is 9.47 Å². The van der Waals surface area contributed by atoms with E-state index in [2.05, 4.69) is 77.1 Å². The lowest BCUT2D eigenvalue weighted by atomic mass is 10.1. The highest BCUT2D eigenvalue weighted by Crippen LogP contribution is 2.23. The fraction of sp³-hybridized carbons (Fsp3) is 0.423. The SMILES string of the molecule is CN=C(NCCc1c[nH]c2c(C)cccc12)NCc1ccc(C)cc1OCC1CCOC1.I. The van der Waals surface area contributed by atoms with Gasteiger partial charge in [-0.05, 0) is 49.4 Å². The van der Waals surface area contributed by atoms with Crippen molar-refractivity contribution in [3.8, 4) is 5.75 Å². The third kappa shape index (κ3) is 6.63. The number of halogens is 1. The average molecular weight is 562 g/mol. The number of hydrogen-bond donors (Lipinski definition) is 3. The highest BCUT2D eigenvalue weighted by Gasteiger charge is 2.17. The van der Waals surface area contributed by atoms with Crippen molar-refractivity contribution in [3.63, 3.8) is 0 Å². The van der Waals surface area contributed by atoms with Crippen LogP contribution in [0.25, 0.3) is 10.9 Å². The maximum atomic E-state index is 6.16. The largest absolute Gasteiger partial charge is 0.493 e. The maximum absolute atomic E-state index is 6.16. The second kappa shape index (κ2) is 12.3. The van der Waals surface area contributed by atoms with Crippen LogP contribution in [0.5, 0.6) is 5.75 Å². The molecule has 178 valence electrons. The van der Waals surface area contributed by atoms with Crippen molar-refractivity contribution in [1.29, 1.82) is 0 Å². The van der Waals surface area contributed by atoms with E-state index in [0.29, 0.717) is 19.1 Å². The van der Waals surface area contributed by atoms with E-state index in [0.717, 1.165) is 49.9 Å². The molecule has 2 heterocycles. The van der Waals surface area contributed by atoms with Crippen LogP contribution in [0, 0.1) is 19.8 Å². The number of aliphatic imine (C=N–C) groups is 1. The minimum Gasteiger partial charge on any atom is -0.493 e. The molecular formula is C26H35IN4O2. The molecule has 3 aromatic rings. The number of benzene rings is 2. The summed E-state index contributed by atoms with van der Waals surface area (Å²) in [5.74, 6) is 2.21. The number of aryl methyl sites for hydroxylation is 2. The Morgan fingerprint density at radius 3 is 2.85 bits per heavy atom. The molecule has 0 amide bonds. The minimum atomic E-state index is 0. The molecule has 1 saturated heterocycles. The zero-order chi connectivity index (χ0) is 22.3. The second-order valence-corrected chi connectivity index (χ2v) is 8.57. The molecule has 0 aliphatic carbocycles. The molecule has 7 heteroatoms. The molecule has 2 aromatic carbocycles. The Morgan fingerprint density at radius 1 is 1.18 bits per heavy atom. The molecule has 33 heavy (non-hydrogen) atoms. The van der Waals surface area contributed by atoms with Crippen LogP contribution in [0.1, 0.15) is 28.7 Å². The van der Waals surface area contributed by atoms with Gasteiger partial charge in [-0.15, -0.1) is 24.0 Å². The van der Waals surface area contributed by atoms with Gasteiger partial charge in [0, 0.05) is 55.3 Å². The van der Waals surface area contributed by atoms with Gasteiger partial charge in [-0.3, -0.25) is 4.99 Å². The average Bonchev–Trinajstić information content (AvgIpc) is 3.46. The summed E-state index contributed by atoms with van der Waals surface area (Å²) in [7, 11) is 1.80. The Bertz CT molecular complexity index is 1070. The highest BCUT2D eigenvalue weighted by atomic mass is 127. The predicted octanol–water partition coefficient (Wildman–Crippen LogP) is 4.73. The van der Waals surface area contributed by atoms with Crippen LogP contribution in [-0.4, -0.2) is 44.4 Å². The quantitative estimate of drug-likeness (QED) is 0.211. The number of ether oxygens (including phenoxy) is 2. The van der Waals surface area contributed by atoms with Crippen molar-refractivity contribution in [1.82, 2.24) is 15.6 Å². The highest BCUT2D eigenvalue weighted by molar-refractivity contribution is 14.0. The number of aromatic amines is 1. The number of rotatable bonds is 8. The molecule has 3 N–H and O–H groups in total. The normalized spacial score (nSPS) is 16.0. The van der Waals surface area contributed by atoms with Gasteiger partial charge in [0.05, 0.1) is 13.2 Å². The lowest BCUT2D eigenvalue weighted by molar-refractivity contribution is 0.166. The van der Waals surface area contributed by atoms with E-state index in [9.17, 15) is 0 Å². The number of fused-ring (bicyclic) bond motifs is 1. The summed E-state index contributed by atoms with van der Waals surface area (Å²) in [5.41, 5.74) is 6.14. The Hall–Kier alpha value is -2.26. The molecule has 0 saturated carbocycles. The van der Waals surface area contributed by atoms with Crippen molar-refractivity contribution in [2.75, 3.05) is 33.4 Å². The molecular weight excluding hydrogens is 527 g/mol. The van der Waals surface area contributed by atoms with E-state index >= 15 is 0 Å². The Morgan fingerprint density at radius 2 is 2.06 bits per heavy atom. The lowest BCUT2D eigenvalue weighted by Gasteiger charge is -2.17. The van der Waals surface area contributed by atoms with Gasteiger partial charge in [0.15, 0.2) is 5.96 Å². The zero-order valence-corrected chi connectivity index (χ0v) is 22.1. The van der Waals surface area contributed by atoms with Gasteiger partial charge in [-0.25, -0.2) is 0 Å². The molecule has 1 fully saturated rings. The third-order valence-electron chi connectivity index (χ3n) is 6.09. The Kier molecular flexibility index (Phi) is 9.43. The molecule has 4 rings (SSSR count). The predicted molar refractivity (Wildman–Crippen MR) is 146 cm³/mol. The molecule has 1 aliphatic rings. The summed E-state index contributed by atoms with van der Waals surface area (Å²) in [6, 6.07) is 12.8. The van der Waals surface area contributed by atoms with Crippen LogP contribution in [0.15, 0.2) is 47.6 Å². The number of nitrogens with zero attached hydrogens (tertiary/aromatic N) is 1. The smallest absolute Gasteiger partial charge is 0.191 e. The molecule has 1 atom stereocenters. The van der Waals surface area contributed by atoms with Crippen LogP contribution >= 0.6 is 24.0 Å². The number of guanidine groups is 1. The zero-order valence-electron chi connectivity index (χ0n) is 19.7. The van der Waals surface area contributed by atoms with Crippen molar-refractivity contribution < 1.29 is 9.47 Å². The van der Waals surface area contributed by atoms with E-state index < -0.39 is 0 Å². The Balaban J connectivity index is 0.00000306. The van der Waals surface area contributed by atoms with Crippen molar-refractivity contribution in [2.24, 2.45) is 10.9 Å². The summed E-state index contributed by atoms with van der Waals surface area (Å²) in [6.45, 7) is 8.03. The first kappa shape index (κ1) is 25.4. The van der Waals surface area contributed by atoms with Gasteiger partial charge < -0.3 is 25.1 Å². The number of aromatic nitrogens is 1. The van der Waals surface area contributed by atoms with Crippen molar-refractivity contribution in [2.45, 2.75) is 33.2 Å². The Labute approximate surface area is 213 Å². The molecule has 6 nitrogen and oxygen atoms in total. The molecule has 0 bridgehead atoms. The molecule has 1 aliphatic heterocycles. The molecule has 0 spiro atoms. The molecule has 0 radical (unpaired) electrons. The van der Waals surface area contributed by atoms with E-state index in [-0.39, 0.29) is 24.0 Å². The number of para-hydroxylation sites is 1. The van der Waals surface area contributed by atoms with Crippen LogP contribution in [0.2, 0.25) is 0 Å². The first-order valence-electron chi connectivity index (χ1n) is 11.4. The topological polar surface area (TPSA) is 70.7 Å². The summed E-state index contributed by atoms with van der Waals surface area (Å²) < 4.78 is 11.6.